The van der Waals surface area contributed by atoms with Crippen LogP contribution in [0.5, 0.6) is 0 Å². The lowest BCUT2D eigenvalue weighted by molar-refractivity contribution is 0.133. The monoisotopic (exact) mass is 266 g/mol. The fourth-order valence-electron chi connectivity index (χ4n) is 3.88. The first-order valence-electron chi connectivity index (χ1n) is 8.66. The molecule has 0 amide bonds. The van der Waals surface area contributed by atoms with Crippen molar-refractivity contribution in [1.82, 2.24) is 4.90 Å². The minimum atomic E-state index is 0.469. The Hall–Kier alpha value is -0.0800. The number of rotatable bonds is 6. The van der Waals surface area contributed by atoms with Gasteiger partial charge in [-0.05, 0) is 50.5 Å². The SMILES string of the molecule is CC(C)CCN(CC1CCCCC1N)C1CCCC1. The molecule has 112 valence electrons. The summed E-state index contributed by atoms with van der Waals surface area (Å²) in [5, 5.41) is 0. The first-order chi connectivity index (χ1) is 9.16. The molecule has 2 heteroatoms. The van der Waals surface area contributed by atoms with Crippen molar-refractivity contribution in [1.29, 1.82) is 0 Å². The Bertz CT molecular complexity index is 246. The van der Waals surface area contributed by atoms with Gasteiger partial charge in [-0.1, -0.05) is 39.5 Å². The van der Waals surface area contributed by atoms with E-state index in [1.165, 1.54) is 70.9 Å². The predicted octanol–water partition coefficient (Wildman–Crippen LogP) is 3.79. The van der Waals surface area contributed by atoms with Crippen LogP contribution in [0.3, 0.4) is 0 Å². The van der Waals surface area contributed by atoms with Crippen molar-refractivity contribution >= 4 is 0 Å². The largest absolute Gasteiger partial charge is 0.327 e. The second kappa shape index (κ2) is 7.64. The van der Waals surface area contributed by atoms with Crippen molar-refractivity contribution in [3.05, 3.63) is 0 Å². The van der Waals surface area contributed by atoms with E-state index in [9.17, 15) is 0 Å². The van der Waals surface area contributed by atoms with E-state index in [4.69, 9.17) is 5.73 Å². The molecule has 0 saturated heterocycles. The molecule has 2 aliphatic carbocycles. The molecule has 0 aromatic heterocycles. The van der Waals surface area contributed by atoms with Gasteiger partial charge in [0.2, 0.25) is 0 Å². The number of hydrogen-bond acceptors (Lipinski definition) is 2. The summed E-state index contributed by atoms with van der Waals surface area (Å²) >= 11 is 0. The van der Waals surface area contributed by atoms with Crippen molar-refractivity contribution in [3.63, 3.8) is 0 Å². The zero-order valence-corrected chi connectivity index (χ0v) is 13.1. The van der Waals surface area contributed by atoms with Crippen LogP contribution in [-0.4, -0.2) is 30.1 Å². The Morgan fingerprint density at radius 1 is 1.00 bits per heavy atom. The highest BCUT2D eigenvalue weighted by Gasteiger charge is 2.28. The molecule has 0 aromatic rings. The van der Waals surface area contributed by atoms with E-state index < -0.39 is 0 Å². The number of nitrogens with two attached hydrogens (primary N) is 1. The third kappa shape index (κ3) is 4.75. The molecular weight excluding hydrogens is 232 g/mol. The van der Waals surface area contributed by atoms with E-state index in [1.807, 2.05) is 0 Å². The Morgan fingerprint density at radius 3 is 2.26 bits per heavy atom. The van der Waals surface area contributed by atoms with Gasteiger partial charge in [-0.2, -0.15) is 0 Å². The first kappa shape index (κ1) is 15.3. The fourth-order valence-corrected chi connectivity index (χ4v) is 3.88. The van der Waals surface area contributed by atoms with Crippen molar-refractivity contribution < 1.29 is 0 Å². The average Bonchev–Trinajstić information content (AvgIpc) is 2.90. The maximum absolute atomic E-state index is 6.36. The van der Waals surface area contributed by atoms with Crippen LogP contribution in [0.2, 0.25) is 0 Å². The van der Waals surface area contributed by atoms with E-state index in [1.54, 1.807) is 0 Å². The van der Waals surface area contributed by atoms with Gasteiger partial charge in [0.05, 0.1) is 0 Å². The molecule has 19 heavy (non-hydrogen) atoms. The van der Waals surface area contributed by atoms with Crippen LogP contribution >= 0.6 is 0 Å². The topological polar surface area (TPSA) is 29.3 Å². The normalized spacial score (nSPS) is 29.5. The smallest absolute Gasteiger partial charge is 0.00953 e. The van der Waals surface area contributed by atoms with Crippen LogP contribution < -0.4 is 5.73 Å². The van der Waals surface area contributed by atoms with Crippen molar-refractivity contribution in [2.75, 3.05) is 13.1 Å². The second-order valence-corrected chi connectivity index (χ2v) is 7.32. The molecule has 0 bridgehead atoms. The molecule has 2 nitrogen and oxygen atoms in total. The molecule has 2 N–H and O–H groups in total. The highest BCUT2D eigenvalue weighted by atomic mass is 15.2. The van der Waals surface area contributed by atoms with Gasteiger partial charge in [-0.3, -0.25) is 0 Å². The Kier molecular flexibility index (Phi) is 6.15. The summed E-state index contributed by atoms with van der Waals surface area (Å²) in [6.07, 6.45) is 12.5. The molecule has 2 rings (SSSR count). The first-order valence-corrected chi connectivity index (χ1v) is 8.66. The Balaban J connectivity index is 1.87. The summed E-state index contributed by atoms with van der Waals surface area (Å²) < 4.78 is 0. The minimum absolute atomic E-state index is 0.469. The maximum atomic E-state index is 6.36. The van der Waals surface area contributed by atoms with Gasteiger partial charge < -0.3 is 10.6 Å². The maximum Gasteiger partial charge on any atom is 0.00953 e. The minimum Gasteiger partial charge on any atom is -0.327 e. The van der Waals surface area contributed by atoms with Gasteiger partial charge in [0.15, 0.2) is 0 Å². The van der Waals surface area contributed by atoms with E-state index in [0.29, 0.717) is 6.04 Å². The van der Waals surface area contributed by atoms with Crippen LogP contribution in [-0.2, 0) is 0 Å². The third-order valence-corrected chi connectivity index (χ3v) is 5.27. The zero-order chi connectivity index (χ0) is 13.7. The van der Waals surface area contributed by atoms with Crippen LogP contribution in [0.15, 0.2) is 0 Å². The Morgan fingerprint density at radius 2 is 1.63 bits per heavy atom. The van der Waals surface area contributed by atoms with Gasteiger partial charge in [0.25, 0.3) is 0 Å². The van der Waals surface area contributed by atoms with Crippen LogP contribution in [0.25, 0.3) is 0 Å². The molecule has 0 aromatic carbocycles. The lowest BCUT2D eigenvalue weighted by Gasteiger charge is -2.37. The highest BCUT2D eigenvalue weighted by Crippen LogP contribution is 2.29. The molecule has 2 aliphatic rings. The van der Waals surface area contributed by atoms with Crippen molar-refractivity contribution in [3.8, 4) is 0 Å². The van der Waals surface area contributed by atoms with Gasteiger partial charge >= 0.3 is 0 Å². The summed E-state index contributed by atoms with van der Waals surface area (Å²) in [7, 11) is 0. The molecule has 0 aliphatic heterocycles. The van der Waals surface area contributed by atoms with E-state index in [0.717, 1.165) is 17.9 Å². The van der Waals surface area contributed by atoms with Crippen molar-refractivity contribution in [2.45, 2.75) is 83.7 Å². The summed E-state index contributed by atoms with van der Waals surface area (Å²) in [6.45, 7) is 7.27. The van der Waals surface area contributed by atoms with Gasteiger partial charge in [0.1, 0.15) is 0 Å². The van der Waals surface area contributed by atoms with Crippen molar-refractivity contribution in [2.24, 2.45) is 17.6 Å². The lowest BCUT2D eigenvalue weighted by Crippen LogP contribution is -2.45. The summed E-state index contributed by atoms with van der Waals surface area (Å²) in [4.78, 5) is 2.81. The average molecular weight is 266 g/mol. The standard InChI is InChI=1S/C17H34N2/c1-14(2)11-12-19(16-8-4-5-9-16)13-15-7-3-6-10-17(15)18/h14-17H,3-13,18H2,1-2H3. The molecule has 2 saturated carbocycles. The zero-order valence-electron chi connectivity index (χ0n) is 13.1. The van der Waals surface area contributed by atoms with Crippen LogP contribution in [0.4, 0.5) is 0 Å². The quantitative estimate of drug-likeness (QED) is 0.792. The molecule has 2 fully saturated rings. The lowest BCUT2D eigenvalue weighted by atomic mass is 9.84. The van der Waals surface area contributed by atoms with Crippen LogP contribution in [0.1, 0.15) is 71.6 Å². The second-order valence-electron chi connectivity index (χ2n) is 7.32. The predicted molar refractivity (Wildman–Crippen MR) is 83.2 cm³/mol. The third-order valence-electron chi connectivity index (χ3n) is 5.27. The van der Waals surface area contributed by atoms with Gasteiger partial charge in [0, 0.05) is 18.6 Å². The van der Waals surface area contributed by atoms with E-state index in [2.05, 4.69) is 18.7 Å². The Labute approximate surface area is 120 Å². The number of hydrogen-bond donors (Lipinski definition) is 1. The fraction of sp³-hybridized carbons (Fsp3) is 1.00. The molecule has 2 unspecified atom stereocenters. The molecule has 0 heterocycles. The number of nitrogens with zero attached hydrogens (tertiary/aromatic N) is 1. The van der Waals surface area contributed by atoms with E-state index >= 15 is 0 Å². The summed E-state index contributed by atoms with van der Waals surface area (Å²) in [5.41, 5.74) is 6.36. The molecule has 0 radical (unpaired) electrons. The summed E-state index contributed by atoms with van der Waals surface area (Å²) in [6, 6.07) is 1.34. The van der Waals surface area contributed by atoms with E-state index in [-0.39, 0.29) is 0 Å². The molecular formula is C17H34N2. The molecule has 2 atom stereocenters. The van der Waals surface area contributed by atoms with Gasteiger partial charge in [-0.25, -0.2) is 0 Å². The van der Waals surface area contributed by atoms with Gasteiger partial charge in [-0.15, -0.1) is 0 Å². The van der Waals surface area contributed by atoms with Crippen LogP contribution in [0, 0.1) is 11.8 Å². The highest BCUT2D eigenvalue weighted by molar-refractivity contribution is 4.85. The molecule has 0 spiro atoms. The summed E-state index contributed by atoms with van der Waals surface area (Å²) in [5.74, 6) is 1.59.